The van der Waals surface area contributed by atoms with Gasteiger partial charge in [-0.2, -0.15) is 0 Å². The topological polar surface area (TPSA) is 57.7 Å². The third kappa shape index (κ3) is 4.27. The van der Waals surface area contributed by atoms with Crippen molar-refractivity contribution in [3.05, 3.63) is 90.0 Å². The van der Waals surface area contributed by atoms with Crippen LogP contribution in [0.1, 0.15) is 44.4 Å². The number of fused-ring (bicyclic) bond motifs is 1. The van der Waals surface area contributed by atoms with Crippen LogP contribution in [0.3, 0.4) is 0 Å². The van der Waals surface area contributed by atoms with Crippen LogP contribution in [0, 0.1) is 12.8 Å². The predicted octanol–water partition coefficient (Wildman–Crippen LogP) is 5.71. The lowest BCUT2D eigenvalue weighted by Gasteiger charge is -2.44. The number of anilines is 2. The molecule has 1 aliphatic rings. The number of carbonyl (C=O) groups excluding carboxylic acids is 1. The van der Waals surface area contributed by atoms with Crippen LogP contribution in [0.5, 0.6) is 0 Å². The zero-order valence-electron chi connectivity index (χ0n) is 19.5. The highest BCUT2D eigenvalue weighted by Gasteiger charge is 2.41. The first-order chi connectivity index (χ1) is 15.7. The van der Waals surface area contributed by atoms with Crippen molar-refractivity contribution < 1.29 is 13.2 Å². The van der Waals surface area contributed by atoms with Crippen LogP contribution >= 0.6 is 0 Å². The monoisotopic (exact) mass is 462 g/mol. The van der Waals surface area contributed by atoms with Crippen LogP contribution in [0.2, 0.25) is 0 Å². The maximum Gasteiger partial charge on any atom is 0.264 e. The number of sulfonamides is 1. The van der Waals surface area contributed by atoms with Gasteiger partial charge < -0.3 is 4.90 Å². The predicted molar refractivity (Wildman–Crippen MR) is 133 cm³/mol. The summed E-state index contributed by atoms with van der Waals surface area (Å²) in [6.45, 7) is 7.71. The van der Waals surface area contributed by atoms with Crippen LogP contribution in [0.4, 0.5) is 11.4 Å². The first kappa shape index (κ1) is 23.1. The summed E-state index contributed by atoms with van der Waals surface area (Å²) in [5, 5.41) is 0. The summed E-state index contributed by atoms with van der Waals surface area (Å²) < 4.78 is 29.6. The van der Waals surface area contributed by atoms with E-state index < -0.39 is 16.1 Å². The van der Waals surface area contributed by atoms with Gasteiger partial charge in [0.15, 0.2) is 0 Å². The Kier molecular flexibility index (Phi) is 6.30. The molecule has 4 rings (SSSR count). The molecule has 0 spiro atoms. The number of nitrogens with zero attached hydrogens (tertiary/aromatic N) is 2. The fourth-order valence-electron chi connectivity index (χ4n) is 4.50. The average Bonchev–Trinajstić information content (AvgIpc) is 2.80. The molecule has 172 valence electrons. The van der Waals surface area contributed by atoms with Gasteiger partial charge in [0.05, 0.1) is 16.6 Å². The Labute approximate surface area is 196 Å². The first-order valence-corrected chi connectivity index (χ1v) is 12.7. The molecule has 0 saturated heterocycles. The minimum atomic E-state index is -3.86. The van der Waals surface area contributed by atoms with Crippen LogP contribution in [0.15, 0.2) is 83.8 Å². The molecular weight excluding hydrogens is 432 g/mol. The lowest BCUT2D eigenvalue weighted by molar-refractivity contribution is -0.122. The molecule has 0 aromatic heterocycles. The van der Waals surface area contributed by atoms with Crippen molar-refractivity contribution in [1.29, 1.82) is 0 Å². The molecule has 0 bridgehead atoms. The Hall–Kier alpha value is -3.12. The Morgan fingerprint density at radius 1 is 0.939 bits per heavy atom. The van der Waals surface area contributed by atoms with E-state index in [2.05, 4.69) is 0 Å². The largest absolute Gasteiger partial charge is 0.309 e. The molecule has 0 aliphatic carbocycles. The van der Waals surface area contributed by atoms with Gasteiger partial charge in [-0.05, 0) is 56.2 Å². The molecule has 0 radical (unpaired) electrons. The summed E-state index contributed by atoms with van der Waals surface area (Å²) in [5.41, 5.74) is 3.22. The molecule has 0 fully saturated rings. The van der Waals surface area contributed by atoms with Crippen LogP contribution < -0.4 is 9.21 Å². The average molecular weight is 463 g/mol. The second-order valence-corrected chi connectivity index (χ2v) is 10.8. The van der Waals surface area contributed by atoms with Gasteiger partial charge in [0.25, 0.3) is 10.0 Å². The molecule has 3 aromatic rings. The molecule has 3 aromatic carbocycles. The zero-order chi connectivity index (χ0) is 23.8. The van der Waals surface area contributed by atoms with Gasteiger partial charge in [-0.1, -0.05) is 67.9 Å². The van der Waals surface area contributed by atoms with Crippen molar-refractivity contribution in [2.45, 2.75) is 51.1 Å². The van der Waals surface area contributed by atoms with E-state index in [1.165, 1.54) is 4.31 Å². The molecule has 33 heavy (non-hydrogen) atoms. The number of amides is 1. The maximum absolute atomic E-state index is 14.0. The Morgan fingerprint density at radius 2 is 1.55 bits per heavy atom. The summed E-state index contributed by atoms with van der Waals surface area (Å²) >= 11 is 0. The van der Waals surface area contributed by atoms with E-state index in [0.717, 1.165) is 16.8 Å². The Bertz CT molecular complexity index is 1240. The summed E-state index contributed by atoms with van der Waals surface area (Å²) in [6.07, 6.45) is 0.495. The van der Waals surface area contributed by atoms with Crippen molar-refractivity contribution in [2.75, 3.05) is 9.21 Å². The van der Waals surface area contributed by atoms with E-state index in [-0.39, 0.29) is 22.8 Å². The van der Waals surface area contributed by atoms with Gasteiger partial charge >= 0.3 is 0 Å². The molecule has 1 amide bonds. The summed E-state index contributed by atoms with van der Waals surface area (Å²) in [4.78, 5) is 15.1. The number of aryl methyl sites for hydroxylation is 1. The molecule has 0 N–H and O–H groups in total. The number of benzene rings is 3. The highest BCUT2D eigenvalue weighted by molar-refractivity contribution is 7.92. The maximum atomic E-state index is 14.0. The lowest BCUT2D eigenvalue weighted by Crippen LogP contribution is -2.49. The SMILES string of the molecule is Cc1ccc(S(=O)(=O)N(c2ccccc2)C2CC(C)N(C(=O)C(C)C)c3ccccc32)cc1. The lowest BCUT2D eigenvalue weighted by atomic mass is 9.90. The standard InChI is InChI=1S/C27H30N2O3S/c1-19(2)27(30)28-21(4)18-26(24-12-8-9-13-25(24)28)29(22-10-6-5-7-11-22)33(31,32)23-16-14-20(3)15-17-23/h5-17,19,21,26H,18H2,1-4H3. The van der Waals surface area contributed by atoms with Gasteiger partial charge in [-0.25, -0.2) is 8.42 Å². The van der Waals surface area contributed by atoms with E-state index in [9.17, 15) is 13.2 Å². The third-order valence-electron chi connectivity index (χ3n) is 6.16. The normalized spacial score (nSPS) is 18.2. The number of hydrogen-bond acceptors (Lipinski definition) is 3. The van der Waals surface area contributed by atoms with Crippen LogP contribution in [0.25, 0.3) is 0 Å². The molecule has 1 aliphatic heterocycles. The molecule has 0 saturated carbocycles. The molecule has 5 nitrogen and oxygen atoms in total. The molecule has 1 heterocycles. The van der Waals surface area contributed by atoms with Gasteiger partial charge in [-0.15, -0.1) is 0 Å². The zero-order valence-corrected chi connectivity index (χ0v) is 20.3. The smallest absolute Gasteiger partial charge is 0.264 e. The molecule has 2 atom stereocenters. The molecular formula is C27H30N2O3S. The first-order valence-electron chi connectivity index (χ1n) is 11.3. The minimum Gasteiger partial charge on any atom is -0.309 e. The fourth-order valence-corrected chi connectivity index (χ4v) is 6.14. The van der Waals surface area contributed by atoms with E-state index in [4.69, 9.17) is 0 Å². The van der Waals surface area contributed by atoms with Crippen LogP contribution in [-0.4, -0.2) is 20.4 Å². The van der Waals surface area contributed by atoms with Crippen molar-refractivity contribution >= 4 is 27.3 Å². The van der Waals surface area contributed by atoms with E-state index in [1.807, 2.05) is 99.3 Å². The van der Waals surface area contributed by atoms with Crippen molar-refractivity contribution in [3.63, 3.8) is 0 Å². The number of rotatable bonds is 5. The molecule has 2 unspecified atom stereocenters. The summed E-state index contributed by atoms with van der Waals surface area (Å²) in [6, 6.07) is 23.2. The Morgan fingerprint density at radius 3 is 2.18 bits per heavy atom. The molecule has 6 heteroatoms. The highest BCUT2D eigenvalue weighted by Crippen LogP contribution is 2.44. The van der Waals surface area contributed by atoms with Gasteiger partial charge in [-0.3, -0.25) is 9.10 Å². The third-order valence-corrected chi connectivity index (χ3v) is 8.01. The Balaban J connectivity index is 1.90. The fraction of sp³-hybridized carbons (Fsp3) is 0.296. The summed E-state index contributed by atoms with van der Waals surface area (Å²) in [5.74, 6) is -0.111. The van der Waals surface area contributed by atoms with E-state index >= 15 is 0 Å². The van der Waals surface area contributed by atoms with Gasteiger partial charge in [0.1, 0.15) is 0 Å². The second kappa shape index (κ2) is 9.02. The van der Waals surface area contributed by atoms with Crippen molar-refractivity contribution in [1.82, 2.24) is 0 Å². The van der Waals surface area contributed by atoms with Gasteiger partial charge in [0.2, 0.25) is 5.91 Å². The van der Waals surface area contributed by atoms with E-state index in [1.54, 1.807) is 12.1 Å². The van der Waals surface area contributed by atoms with Crippen molar-refractivity contribution in [2.24, 2.45) is 5.92 Å². The number of para-hydroxylation sites is 2. The summed E-state index contributed by atoms with van der Waals surface area (Å²) in [7, 11) is -3.86. The number of carbonyl (C=O) groups is 1. The van der Waals surface area contributed by atoms with Gasteiger partial charge in [0, 0.05) is 17.6 Å². The van der Waals surface area contributed by atoms with E-state index in [0.29, 0.717) is 12.1 Å². The minimum absolute atomic E-state index is 0.0426. The second-order valence-electron chi connectivity index (χ2n) is 8.97. The van der Waals surface area contributed by atoms with Crippen LogP contribution in [-0.2, 0) is 14.8 Å². The quantitative estimate of drug-likeness (QED) is 0.488. The highest BCUT2D eigenvalue weighted by atomic mass is 32.2. The van der Waals surface area contributed by atoms with Crippen molar-refractivity contribution in [3.8, 4) is 0 Å². The number of hydrogen-bond donors (Lipinski definition) is 0.